The number of benzene rings is 1. The van der Waals surface area contributed by atoms with Gasteiger partial charge in [-0.05, 0) is 56.4 Å². The average molecular weight is 357 g/mol. The lowest BCUT2D eigenvalue weighted by molar-refractivity contribution is 0.221. The van der Waals surface area contributed by atoms with Crippen LogP contribution >= 0.6 is 11.6 Å². The highest BCUT2D eigenvalue weighted by molar-refractivity contribution is 7.89. The van der Waals surface area contributed by atoms with E-state index in [0.717, 1.165) is 35.8 Å². The molecular weight excluding hydrogens is 339 g/mol. The number of aromatic nitrogens is 1. The van der Waals surface area contributed by atoms with Gasteiger partial charge in [-0.25, -0.2) is 22.5 Å². The van der Waals surface area contributed by atoms with E-state index in [4.69, 9.17) is 11.6 Å². The molecule has 0 saturated heterocycles. The SMILES string of the molecule is CC(C)(F)CNS(=O)(=O)c1cc2c(c3cnc(Cl)cc13)CCC2. The van der Waals surface area contributed by atoms with Crippen molar-refractivity contribution in [1.29, 1.82) is 0 Å². The van der Waals surface area contributed by atoms with Crippen LogP contribution in [0.5, 0.6) is 0 Å². The van der Waals surface area contributed by atoms with Crippen molar-refractivity contribution in [3.05, 3.63) is 34.6 Å². The highest BCUT2D eigenvalue weighted by Gasteiger charge is 2.26. The summed E-state index contributed by atoms with van der Waals surface area (Å²) < 4.78 is 41.4. The summed E-state index contributed by atoms with van der Waals surface area (Å²) in [5, 5.41) is 1.58. The average Bonchev–Trinajstić information content (AvgIpc) is 2.92. The molecule has 0 fully saturated rings. The van der Waals surface area contributed by atoms with E-state index in [1.165, 1.54) is 13.8 Å². The van der Waals surface area contributed by atoms with E-state index in [1.807, 2.05) is 0 Å². The largest absolute Gasteiger partial charge is 0.244 e. The van der Waals surface area contributed by atoms with Crippen molar-refractivity contribution in [1.82, 2.24) is 9.71 Å². The van der Waals surface area contributed by atoms with E-state index in [9.17, 15) is 12.8 Å². The van der Waals surface area contributed by atoms with Crippen LogP contribution in [-0.2, 0) is 22.9 Å². The maximum absolute atomic E-state index is 13.7. The van der Waals surface area contributed by atoms with E-state index in [1.54, 1.807) is 18.3 Å². The molecule has 0 spiro atoms. The number of aryl methyl sites for hydroxylation is 2. The van der Waals surface area contributed by atoms with Gasteiger partial charge >= 0.3 is 0 Å². The molecule has 0 radical (unpaired) electrons. The number of alkyl halides is 1. The lowest BCUT2D eigenvalue weighted by Crippen LogP contribution is -2.35. The van der Waals surface area contributed by atoms with E-state index < -0.39 is 15.7 Å². The number of pyridine rings is 1. The highest BCUT2D eigenvalue weighted by Crippen LogP contribution is 2.35. The Bertz CT molecular complexity index is 876. The van der Waals surface area contributed by atoms with E-state index in [2.05, 4.69) is 9.71 Å². The fourth-order valence-electron chi connectivity index (χ4n) is 2.91. The molecule has 0 amide bonds. The molecule has 0 aliphatic heterocycles. The Morgan fingerprint density at radius 2 is 2.04 bits per heavy atom. The number of nitrogens with zero attached hydrogens (tertiary/aromatic N) is 1. The van der Waals surface area contributed by atoms with Gasteiger partial charge in [-0.1, -0.05) is 11.6 Å². The summed E-state index contributed by atoms with van der Waals surface area (Å²) in [6.45, 7) is 2.38. The summed E-state index contributed by atoms with van der Waals surface area (Å²) in [4.78, 5) is 4.22. The Morgan fingerprint density at radius 1 is 1.30 bits per heavy atom. The quantitative estimate of drug-likeness (QED) is 0.854. The standard InChI is InChI=1S/C16H18ClFN2O2S/c1-16(2,18)9-20-23(21,22)14-6-10-4-3-5-11(10)13-8-19-15(17)7-12(13)14/h6-8,20H,3-5,9H2,1-2H3. The zero-order valence-electron chi connectivity index (χ0n) is 13.0. The van der Waals surface area contributed by atoms with Crippen LogP contribution in [0.15, 0.2) is 23.2 Å². The summed E-state index contributed by atoms with van der Waals surface area (Å²) in [6.07, 6.45) is 4.35. The molecule has 2 aromatic rings. The first-order valence-corrected chi connectivity index (χ1v) is 9.32. The van der Waals surface area contributed by atoms with Crippen molar-refractivity contribution in [2.24, 2.45) is 0 Å². The Balaban J connectivity index is 2.17. The second-order valence-electron chi connectivity index (χ2n) is 6.46. The van der Waals surface area contributed by atoms with Crippen LogP contribution in [-0.4, -0.2) is 25.6 Å². The van der Waals surface area contributed by atoms with Gasteiger partial charge < -0.3 is 0 Å². The molecule has 1 aromatic heterocycles. The van der Waals surface area contributed by atoms with Crippen LogP contribution in [0.1, 0.15) is 31.4 Å². The minimum atomic E-state index is -3.83. The maximum atomic E-state index is 13.7. The number of nitrogens with one attached hydrogen (secondary N) is 1. The van der Waals surface area contributed by atoms with Gasteiger partial charge in [0, 0.05) is 23.5 Å². The van der Waals surface area contributed by atoms with Crippen LogP contribution in [0.25, 0.3) is 10.8 Å². The molecule has 124 valence electrons. The minimum absolute atomic E-state index is 0.140. The van der Waals surface area contributed by atoms with Gasteiger partial charge in [-0.3, -0.25) is 0 Å². The van der Waals surface area contributed by atoms with Gasteiger partial charge in [0.25, 0.3) is 0 Å². The molecule has 1 aliphatic carbocycles. The molecule has 0 atom stereocenters. The normalized spacial score (nSPS) is 15.1. The Labute approximate surface area is 140 Å². The van der Waals surface area contributed by atoms with Crippen molar-refractivity contribution in [3.8, 4) is 0 Å². The second-order valence-corrected chi connectivity index (χ2v) is 8.58. The van der Waals surface area contributed by atoms with Gasteiger partial charge in [0.15, 0.2) is 0 Å². The Kier molecular flexibility index (Phi) is 4.11. The number of hydrogen-bond donors (Lipinski definition) is 1. The molecule has 4 nitrogen and oxygen atoms in total. The summed E-state index contributed by atoms with van der Waals surface area (Å²) >= 11 is 5.95. The van der Waals surface area contributed by atoms with Crippen molar-refractivity contribution in [2.75, 3.05) is 6.54 Å². The second kappa shape index (κ2) is 5.69. The summed E-state index contributed by atoms with van der Waals surface area (Å²) in [5.74, 6) is 0. The van der Waals surface area contributed by atoms with Gasteiger partial charge in [0.2, 0.25) is 10.0 Å². The third kappa shape index (κ3) is 3.34. The van der Waals surface area contributed by atoms with Crippen molar-refractivity contribution < 1.29 is 12.8 Å². The first kappa shape index (κ1) is 16.6. The predicted octanol–water partition coefficient (Wildman–Crippen LogP) is 3.40. The minimum Gasteiger partial charge on any atom is -0.244 e. The molecule has 23 heavy (non-hydrogen) atoms. The molecule has 3 rings (SSSR count). The zero-order chi connectivity index (χ0) is 16.8. The molecule has 1 N–H and O–H groups in total. The molecule has 7 heteroatoms. The van der Waals surface area contributed by atoms with Gasteiger partial charge in [-0.2, -0.15) is 0 Å². The van der Waals surface area contributed by atoms with Crippen LogP contribution in [0.2, 0.25) is 5.15 Å². The molecular formula is C16H18ClFN2O2S. The van der Waals surface area contributed by atoms with E-state index >= 15 is 0 Å². The molecule has 1 aliphatic rings. The molecule has 0 unspecified atom stereocenters. The molecule has 0 saturated carbocycles. The fraction of sp³-hybridized carbons (Fsp3) is 0.438. The number of rotatable bonds is 4. The van der Waals surface area contributed by atoms with Crippen LogP contribution < -0.4 is 4.72 Å². The summed E-state index contributed by atoms with van der Waals surface area (Å²) in [6, 6.07) is 3.25. The van der Waals surface area contributed by atoms with Gasteiger partial charge in [0.05, 0.1) is 4.90 Å². The van der Waals surface area contributed by atoms with E-state index in [-0.39, 0.29) is 16.6 Å². The monoisotopic (exact) mass is 356 g/mol. The first-order chi connectivity index (χ1) is 10.7. The zero-order valence-corrected chi connectivity index (χ0v) is 14.6. The fourth-order valence-corrected chi connectivity index (χ4v) is 4.51. The highest BCUT2D eigenvalue weighted by atomic mass is 35.5. The smallest absolute Gasteiger partial charge is 0.241 e. The summed E-state index contributed by atoms with van der Waals surface area (Å²) in [5.41, 5.74) is 0.522. The maximum Gasteiger partial charge on any atom is 0.241 e. The van der Waals surface area contributed by atoms with Crippen LogP contribution in [0.3, 0.4) is 0 Å². The van der Waals surface area contributed by atoms with Gasteiger partial charge in [-0.15, -0.1) is 0 Å². The molecule has 0 bridgehead atoms. The van der Waals surface area contributed by atoms with Crippen LogP contribution in [0.4, 0.5) is 4.39 Å². The summed E-state index contributed by atoms with van der Waals surface area (Å²) in [7, 11) is -3.83. The molecule has 1 heterocycles. The topological polar surface area (TPSA) is 59.1 Å². The number of sulfonamides is 1. The van der Waals surface area contributed by atoms with Crippen LogP contribution in [0, 0.1) is 0 Å². The number of hydrogen-bond acceptors (Lipinski definition) is 3. The van der Waals surface area contributed by atoms with Gasteiger partial charge in [0.1, 0.15) is 10.8 Å². The van der Waals surface area contributed by atoms with Crippen molar-refractivity contribution in [2.45, 2.75) is 43.7 Å². The van der Waals surface area contributed by atoms with Crippen molar-refractivity contribution >= 4 is 32.4 Å². The number of halogens is 2. The van der Waals surface area contributed by atoms with Crippen molar-refractivity contribution in [3.63, 3.8) is 0 Å². The number of fused-ring (bicyclic) bond motifs is 3. The van der Waals surface area contributed by atoms with E-state index in [0.29, 0.717) is 5.39 Å². The molecule has 1 aromatic carbocycles. The Hall–Kier alpha value is -1.24. The lowest BCUT2D eigenvalue weighted by Gasteiger charge is -2.17. The Morgan fingerprint density at radius 3 is 2.74 bits per heavy atom. The third-order valence-corrected chi connectivity index (χ3v) is 5.65. The lowest BCUT2D eigenvalue weighted by atomic mass is 10.0. The third-order valence-electron chi connectivity index (χ3n) is 4.00. The first-order valence-electron chi connectivity index (χ1n) is 7.46. The predicted molar refractivity (Wildman–Crippen MR) is 89.2 cm³/mol.